The number of benzene rings is 1. The predicted octanol–water partition coefficient (Wildman–Crippen LogP) is 3.08. The van der Waals surface area contributed by atoms with E-state index in [0.29, 0.717) is 12.2 Å². The summed E-state index contributed by atoms with van der Waals surface area (Å²) in [6, 6.07) is 12.5. The second-order valence-electron chi connectivity index (χ2n) is 6.53. The maximum atomic E-state index is 12.1. The molecule has 0 saturated heterocycles. The van der Waals surface area contributed by atoms with Crippen LogP contribution in [-0.2, 0) is 11.3 Å². The molecule has 3 N–H and O–H groups in total. The van der Waals surface area contributed by atoms with Crippen molar-refractivity contribution in [1.29, 1.82) is 0 Å². The highest BCUT2D eigenvalue weighted by Gasteiger charge is 2.38. The quantitative estimate of drug-likeness (QED) is 0.571. The van der Waals surface area contributed by atoms with Crippen LogP contribution in [0.1, 0.15) is 16.9 Å². The first-order valence-electron chi connectivity index (χ1n) is 9.07. The number of fused-ring (bicyclic) bond motifs is 1. The van der Waals surface area contributed by atoms with Crippen LogP contribution in [0.15, 0.2) is 48.7 Å². The smallest absolute Gasteiger partial charge is 0.490 e. The molecular formula is C20H17F3N4O4. The number of halogens is 3. The van der Waals surface area contributed by atoms with Gasteiger partial charge < -0.3 is 15.5 Å². The van der Waals surface area contributed by atoms with Gasteiger partial charge >= 0.3 is 12.1 Å². The Morgan fingerprint density at radius 2 is 1.74 bits per heavy atom. The zero-order valence-electron chi connectivity index (χ0n) is 15.9. The van der Waals surface area contributed by atoms with Gasteiger partial charge in [0, 0.05) is 30.4 Å². The highest BCUT2D eigenvalue weighted by molar-refractivity contribution is 5.94. The van der Waals surface area contributed by atoms with Crippen LogP contribution < -0.4 is 5.32 Å². The molecule has 11 heteroatoms. The van der Waals surface area contributed by atoms with E-state index in [1.54, 1.807) is 23.0 Å². The van der Waals surface area contributed by atoms with E-state index in [2.05, 4.69) is 15.4 Å². The first-order chi connectivity index (χ1) is 14.6. The molecule has 0 bridgehead atoms. The van der Waals surface area contributed by atoms with Gasteiger partial charge in [-0.3, -0.25) is 14.5 Å². The summed E-state index contributed by atoms with van der Waals surface area (Å²) in [7, 11) is 0. The number of rotatable bonds is 2. The molecule has 3 heterocycles. The Kier molecular flexibility index (Phi) is 6.23. The molecule has 162 valence electrons. The number of hydrogen-bond donors (Lipinski definition) is 3. The number of hydrogen-bond acceptors (Lipinski definition) is 5. The second-order valence-corrected chi connectivity index (χ2v) is 6.53. The summed E-state index contributed by atoms with van der Waals surface area (Å²) >= 11 is 0. The van der Waals surface area contributed by atoms with Crippen molar-refractivity contribution in [2.75, 3.05) is 6.54 Å². The number of nitrogens with one attached hydrogen (secondary N) is 1. The van der Waals surface area contributed by atoms with Gasteiger partial charge in [-0.2, -0.15) is 18.3 Å². The third-order valence-corrected chi connectivity index (χ3v) is 4.31. The number of carboxylic acid groups (broad SMARTS) is 1. The Balaban J connectivity index is 0.000000339. The van der Waals surface area contributed by atoms with Crippen molar-refractivity contribution in [2.45, 2.75) is 19.1 Å². The topological polar surface area (TPSA) is 117 Å². The number of nitrogens with zero attached hydrogens (tertiary/aromatic N) is 3. The highest BCUT2D eigenvalue weighted by Crippen LogP contribution is 2.26. The number of aliphatic carboxylic acids is 1. The van der Waals surface area contributed by atoms with Gasteiger partial charge in [-0.05, 0) is 48.9 Å². The zero-order valence-corrected chi connectivity index (χ0v) is 15.9. The van der Waals surface area contributed by atoms with Crippen LogP contribution in [0.4, 0.5) is 13.2 Å². The third-order valence-electron chi connectivity index (χ3n) is 4.31. The van der Waals surface area contributed by atoms with Crippen LogP contribution in [0.5, 0.6) is 5.75 Å². The summed E-state index contributed by atoms with van der Waals surface area (Å²) < 4.78 is 33.5. The number of phenols is 1. The van der Waals surface area contributed by atoms with Crippen LogP contribution in [0, 0.1) is 0 Å². The van der Waals surface area contributed by atoms with E-state index in [4.69, 9.17) is 9.90 Å². The van der Waals surface area contributed by atoms with Crippen LogP contribution in [0.2, 0.25) is 0 Å². The van der Waals surface area contributed by atoms with Crippen LogP contribution >= 0.6 is 0 Å². The molecule has 31 heavy (non-hydrogen) atoms. The number of carbonyl (C=O) groups excluding carboxylic acids is 1. The fourth-order valence-corrected chi connectivity index (χ4v) is 2.81. The summed E-state index contributed by atoms with van der Waals surface area (Å²) in [6.45, 7) is 1.40. The van der Waals surface area contributed by atoms with Crippen molar-refractivity contribution in [3.8, 4) is 28.3 Å². The predicted molar refractivity (Wildman–Crippen MR) is 103 cm³/mol. The number of aromatic nitrogens is 3. The maximum absolute atomic E-state index is 12.1. The zero-order chi connectivity index (χ0) is 22.6. The molecule has 1 aliphatic heterocycles. The lowest BCUT2D eigenvalue weighted by Gasteiger charge is -2.03. The number of aromatic hydroxyl groups is 1. The van der Waals surface area contributed by atoms with E-state index in [1.165, 1.54) is 0 Å². The number of aryl methyl sites for hydroxylation is 1. The fraction of sp³-hybridized carbons (Fsp3) is 0.200. The minimum absolute atomic E-state index is 0.0842. The normalized spacial score (nSPS) is 13.3. The summed E-state index contributed by atoms with van der Waals surface area (Å²) in [6.07, 6.45) is -2.49. The van der Waals surface area contributed by atoms with Crippen molar-refractivity contribution < 1.29 is 33.0 Å². The molecule has 0 spiro atoms. The molecular weight excluding hydrogens is 417 g/mol. The van der Waals surface area contributed by atoms with Gasteiger partial charge in [0.25, 0.3) is 5.91 Å². The minimum atomic E-state index is -5.08. The summed E-state index contributed by atoms with van der Waals surface area (Å²) in [4.78, 5) is 25.3. The summed E-state index contributed by atoms with van der Waals surface area (Å²) in [5.41, 5.74) is 3.95. The van der Waals surface area contributed by atoms with E-state index in [0.717, 1.165) is 35.5 Å². The number of amides is 1. The average molecular weight is 434 g/mol. The van der Waals surface area contributed by atoms with Gasteiger partial charge in [0.2, 0.25) is 0 Å². The molecule has 8 nitrogen and oxygen atoms in total. The summed E-state index contributed by atoms with van der Waals surface area (Å²) in [5, 5.41) is 24.0. The first kappa shape index (κ1) is 21.8. The average Bonchev–Trinajstić information content (AvgIpc) is 3.08. The highest BCUT2D eigenvalue weighted by atomic mass is 19.4. The van der Waals surface area contributed by atoms with Gasteiger partial charge in [-0.1, -0.05) is 0 Å². The van der Waals surface area contributed by atoms with E-state index in [1.807, 2.05) is 30.3 Å². The maximum Gasteiger partial charge on any atom is 0.490 e. The second kappa shape index (κ2) is 8.86. The Morgan fingerprint density at radius 1 is 1.06 bits per heavy atom. The van der Waals surface area contributed by atoms with Crippen molar-refractivity contribution in [3.05, 3.63) is 54.4 Å². The van der Waals surface area contributed by atoms with Crippen LogP contribution in [-0.4, -0.2) is 49.6 Å². The standard InChI is InChI=1S/C18H16N4O2.C2HF3O2/c23-14-4-2-12(3-5-14)15-10-13(6-8-19-15)16-11-17-18(24)20-7-1-9-22(17)21-16;3-2(4,5)1(6)7/h2-6,8,10-11,23H,1,7,9H2,(H,20,24);(H,6,7). The number of carboxylic acids is 1. The molecule has 0 fully saturated rings. The van der Waals surface area contributed by atoms with Crippen molar-refractivity contribution in [3.63, 3.8) is 0 Å². The number of pyridine rings is 1. The van der Waals surface area contributed by atoms with E-state index >= 15 is 0 Å². The van der Waals surface area contributed by atoms with E-state index in [-0.39, 0.29) is 11.7 Å². The van der Waals surface area contributed by atoms with Crippen LogP contribution in [0.3, 0.4) is 0 Å². The fourth-order valence-electron chi connectivity index (χ4n) is 2.81. The van der Waals surface area contributed by atoms with Gasteiger partial charge in [-0.15, -0.1) is 0 Å². The molecule has 1 aromatic carbocycles. The molecule has 0 radical (unpaired) electrons. The molecule has 1 amide bonds. The molecule has 3 aromatic rings. The molecule has 2 aromatic heterocycles. The molecule has 1 aliphatic rings. The van der Waals surface area contributed by atoms with E-state index in [9.17, 15) is 23.1 Å². The minimum Gasteiger partial charge on any atom is -0.508 e. The molecule has 0 aliphatic carbocycles. The Labute approximate surface area is 174 Å². The van der Waals surface area contributed by atoms with Gasteiger partial charge in [-0.25, -0.2) is 4.79 Å². The largest absolute Gasteiger partial charge is 0.508 e. The Bertz CT molecular complexity index is 1090. The number of alkyl halides is 3. The lowest BCUT2D eigenvalue weighted by molar-refractivity contribution is -0.192. The summed E-state index contributed by atoms with van der Waals surface area (Å²) in [5.74, 6) is -2.62. The number of phenolic OH excluding ortho intramolecular Hbond substituents is 1. The molecule has 0 unspecified atom stereocenters. The van der Waals surface area contributed by atoms with Crippen molar-refractivity contribution in [2.24, 2.45) is 0 Å². The van der Waals surface area contributed by atoms with Gasteiger partial charge in [0.05, 0.1) is 11.4 Å². The lowest BCUT2D eigenvalue weighted by Crippen LogP contribution is -2.22. The molecule has 0 atom stereocenters. The van der Waals surface area contributed by atoms with Crippen LogP contribution in [0.25, 0.3) is 22.5 Å². The number of carbonyl (C=O) groups is 2. The van der Waals surface area contributed by atoms with Gasteiger partial charge in [0.15, 0.2) is 0 Å². The van der Waals surface area contributed by atoms with Crippen molar-refractivity contribution in [1.82, 2.24) is 20.1 Å². The van der Waals surface area contributed by atoms with Crippen molar-refractivity contribution >= 4 is 11.9 Å². The van der Waals surface area contributed by atoms with Gasteiger partial charge in [0.1, 0.15) is 11.4 Å². The monoisotopic (exact) mass is 434 g/mol. The third kappa shape index (κ3) is 5.38. The first-order valence-corrected chi connectivity index (χ1v) is 9.07. The Morgan fingerprint density at radius 3 is 2.39 bits per heavy atom. The molecule has 4 rings (SSSR count). The van der Waals surface area contributed by atoms with E-state index < -0.39 is 12.1 Å². The Hall–Kier alpha value is -3.89. The lowest BCUT2D eigenvalue weighted by atomic mass is 10.1. The SMILES string of the molecule is O=C(O)C(F)(F)F.O=C1NCCCn2nc(-c3ccnc(-c4ccc(O)cc4)c3)cc21. The molecule has 0 saturated carbocycles.